The van der Waals surface area contributed by atoms with Gasteiger partial charge in [0, 0.05) is 12.8 Å². The lowest BCUT2D eigenvalue weighted by Crippen LogP contribution is -2.28. The van der Waals surface area contributed by atoms with Crippen molar-refractivity contribution < 1.29 is 24.2 Å². The summed E-state index contributed by atoms with van der Waals surface area (Å²) < 4.78 is 10.6. The van der Waals surface area contributed by atoms with Crippen molar-refractivity contribution >= 4 is 11.9 Å². The van der Waals surface area contributed by atoms with Crippen LogP contribution in [0.15, 0.2) is 146 Å². The minimum atomic E-state index is -0.795. The first kappa shape index (κ1) is 60.8. The van der Waals surface area contributed by atoms with Crippen LogP contribution < -0.4 is 0 Å². The lowest BCUT2D eigenvalue weighted by Gasteiger charge is -2.15. The second-order valence-electron chi connectivity index (χ2n) is 16.5. The zero-order chi connectivity index (χ0) is 47.0. The number of allylic oxidation sites excluding steroid dienone is 24. The minimum absolute atomic E-state index is 0.0867. The smallest absolute Gasteiger partial charge is 0.306 e. The lowest BCUT2D eigenvalue weighted by molar-refractivity contribution is -0.161. The number of rotatable bonds is 45. The van der Waals surface area contributed by atoms with Crippen LogP contribution >= 0.6 is 0 Å². The van der Waals surface area contributed by atoms with Crippen molar-refractivity contribution in [2.75, 3.05) is 13.2 Å². The molecule has 0 aliphatic carbocycles. The molecule has 65 heavy (non-hydrogen) atoms. The highest BCUT2D eigenvalue weighted by atomic mass is 16.6. The minimum Gasteiger partial charge on any atom is -0.462 e. The van der Waals surface area contributed by atoms with Crippen molar-refractivity contribution in [1.29, 1.82) is 0 Å². The van der Waals surface area contributed by atoms with Crippen molar-refractivity contribution in [3.05, 3.63) is 146 Å². The van der Waals surface area contributed by atoms with Gasteiger partial charge in [-0.3, -0.25) is 9.59 Å². The van der Waals surface area contributed by atoms with E-state index in [1.807, 2.05) is 0 Å². The van der Waals surface area contributed by atoms with E-state index in [0.29, 0.717) is 12.8 Å². The van der Waals surface area contributed by atoms with Crippen LogP contribution in [0, 0.1) is 0 Å². The topological polar surface area (TPSA) is 72.8 Å². The van der Waals surface area contributed by atoms with E-state index in [9.17, 15) is 14.7 Å². The molecule has 1 N–H and O–H groups in total. The standard InChI is InChI=1S/C60H94O5/c1-3-5-7-9-11-13-15-17-18-19-20-21-22-23-24-25-26-27-28-29-30-31-32-33-34-35-36-37-38-39-40-41-42-43-45-47-49-51-53-55-60(63)65-58(56-61)57-64-59(62)54-52-50-48-46-44-16-14-12-10-8-6-4-2/h5,7,11-14,17-18,20-21,23-24,26-27,29-30,32-33,35-36,38-39,41-42,58,61H,3-4,6,8-10,15-16,19,22,25,28,31,34,37,40,43-57H2,1-2H3/b7-5-,13-11-,14-12-,18-17-,21-20-,24-23-,27-26-,30-29-,33-32-,36-35-,39-38-,42-41-. The molecule has 0 radical (unpaired) electrons. The average molecular weight is 895 g/mol. The maximum Gasteiger partial charge on any atom is 0.306 e. The molecule has 1 atom stereocenters. The SMILES string of the molecule is CC/C=C\C/C=C\C/C=C\C/C=C\C/C=C\C/C=C\C/C=C\C/C=C\C/C=C\C/C=C\C/C=C\CCCCCCCC(=O)OC(CO)COC(=O)CCCCCCC/C=C\CCCCC. The van der Waals surface area contributed by atoms with Crippen molar-refractivity contribution in [2.45, 2.75) is 206 Å². The molecule has 0 aromatic rings. The van der Waals surface area contributed by atoms with E-state index in [1.54, 1.807) is 0 Å². The Bertz CT molecular complexity index is 1430. The molecular weight excluding hydrogens is 801 g/mol. The van der Waals surface area contributed by atoms with Crippen LogP contribution in [0.4, 0.5) is 0 Å². The highest BCUT2D eigenvalue weighted by molar-refractivity contribution is 5.70. The average Bonchev–Trinajstić information content (AvgIpc) is 3.31. The third kappa shape index (κ3) is 52.3. The fourth-order valence-electron chi connectivity index (χ4n) is 6.49. The van der Waals surface area contributed by atoms with Gasteiger partial charge in [-0.25, -0.2) is 0 Å². The van der Waals surface area contributed by atoms with Crippen LogP contribution in [0.25, 0.3) is 0 Å². The monoisotopic (exact) mass is 895 g/mol. The van der Waals surface area contributed by atoms with Gasteiger partial charge in [-0.05, 0) is 122 Å². The van der Waals surface area contributed by atoms with Crippen LogP contribution in [0.2, 0.25) is 0 Å². The van der Waals surface area contributed by atoms with Gasteiger partial charge in [0.1, 0.15) is 6.61 Å². The zero-order valence-electron chi connectivity index (χ0n) is 41.4. The number of esters is 2. The molecule has 0 aromatic carbocycles. The van der Waals surface area contributed by atoms with Crippen LogP contribution in [-0.4, -0.2) is 36.4 Å². The molecule has 364 valence electrons. The van der Waals surface area contributed by atoms with E-state index in [2.05, 4.69) is 160 Å². The molecule has 0 amide bonds. The van der Waals surface area contributed by atoms with Crippen molar-refractivity contribution in [3.8, 4) is 0 Å². The summed E-state index contributed by atoms with van der Waals surface area (Å²) in [6, 6.07) is 0. The van der Waals surface area contributed by atoms with Crippen molar-refractivity contribution in [1.82, 2.24) is 0 Å². The highest BCUT2D eigenvalue weighted by Crippen LogP contribution is 2.12. The Morgan fingerprint density at radius 2 is 0.662 bits per heavy atom. The van der Waals surface area contributed by atoms with Crippen LogP contribution in [0.1, 0.15) is 200 Å². The third-order valence-electron chi connectivity index (χ3n) is 10.4. The number of carbonyl (C=O) groups excluding carboxylic acids is 2. The number of carbonyl (C=O) groups is 2. The summed E-state index contributed by atoms with van der Waals surface area (Å²) in [5.41, 5.74) is 0. The van der Waals surface area contributed by atoms with Crippen molar-refractivity contribution in [2.24, 2.45) is 0 Å². The Hall–Kier alpha value is -4.22. The normalized spacial score (nSPS) is 13.5. The molecule has 0 saturated heterocycles. The predicted molar refractivity (Wildman–Crippen MR) is 283 cm³/mol. The maximum atomic E-state index is 12.2. The maximum absolute atomic E-state index is 12.2. The number of aliphatic hydroxyl groups excluding tert-OH is 1. The molecule has 5 nitrogen and oxygen atoms in total. The largest absolute Gasteiger partial charge is 0.462 e. The molecular formula is C60H94O5. The zero-order valence-corrected chi connectivity index (χ0v) is 41.4. The highest BCUT2D eigenvalue weighted by Gasteiger charge is 2.16. The molecule has 0 aliphatic heterocycles. The molecule has 0 aliphatic rings. The van der Waals surface area contributed by atoms with Gasteiger partial charge in [0.2, 0.25) is 0 Å². The summed E-state index contributed by atoms with van der Waals surface area (Å²) in [5, 5.41) is 9.59. The molecule has 0 fully saturated rings. The molecule has 1 unspecified atom stereocenters. The van der Waals surface area contributed by atoms with E-state index in [4.69, 9.17) is 9.47 Å². The summed E-state index contributed by atoms with van der Waals surface area (Å²) in [6.07, 6.45) is 82.3. The predicted octanol–water partition coefficient (Wildman–Crippen LogP) is 17.5. The number of hydrogen-bond donors (Lipinski definition) is 1. The Morgan fingerprint density at radius 3 is 1.02 bits per heavy atom. The quantitative estimate of drug-likeness (QED) is 0.0375. The van der Waals surface area contributed by atoms with Crippen LogP contribution in [0.5, 0.6) is 0 Å². The van der Waals surface area contributed by atoms with Gasteiger partial charge >= 0.3 is 11.9 Å². The first-order valence-corrected chi connectivity index (χ1v) is 25.9. The van der Waals surface area contributed by atoms with E-state index in [1.165, 1.54) is 38.5 Å². The van der Waals surface area contributed by atoms with E-state index in [-0.39, 0.29) is 25.2 Å². The van der Waals surface area contributed by atoms with Gasteiger partial charge in [-0.2, -0.15) is 0 Å². The molecule has 0 heterocycles. The van der Waals surface area contributed by atoms with E-state index < -0.39 is 6.10 Å². The Kier molecular flexibility index (Phi) is 50.6. The second-order valence-corrected chi connectivity index (χ2v) is 16.5. The lowest BCUT2D eigenvalue weighted by atomic mass is 10.1. The summed E-state index contributed by atoms with van der Waals surface area (Å²) in [7, 11) is 0. The van der Waals surface area contributed by atoms with Gasteiger partial charge in [0.05, 0.1) is 6.61 Å². The third-order valence-corrected chi connectivity index (χ3v) is 10.4. The molecule has 5 heteroatoms. The fraction of sp³-hybridized carbons (Fsp3) is 0.567. The van der Waals surface area contributed by atoms with Crippen molar-refractivity contribution in [3.63, 3.8) is 0 Å². The Labute approximate surface area is 399 Å². The van der Waals surface area contributed by atoms with Gasteiger partial charge in [-0.15, -0.1) is 0 Å². The number of unbranched alkanes of at least 4 members (excludes halogenated alkanes) is 13. The van der Waals surface area contributed by atoms with Crippen LogP contribution in [-0.2, 0) is 19.1 Å². The van der Waals surface area contributed by atoms with E-state index in [0.717, 1.165) is 135 Å². The van der Waals surface area contributed by atoms with E-state index >= 15 is 0 Å². The summed E-state index contributed by atoms with van der Waals surface area (Å²) in [4.78, 5) is 24.3. The number of ether oxygens (including phenoxy) is 2. The summed E-state index contributed by atoms with van der Waals surface area (Å²) in [6.45, 7) is 3.96. The molecule has 0 rings (SSSR count). The molecule has 0 saturated carbocycles. The van der Waals surface area contributed by atoms with Crippen LogP contribution in [0.3, 0.4) is 0 Å². The van der Waals surface area contributed by atoms with Gasteiger partial charge in [-0.1, -0.05) is 211 Å². The van der Waals surface area contributed by atoms with Gasteiger partial charge in [0.15, 0.2) is 6.10 Å². The molecule has 0 spiro atoms. The Balaban J connectivity index is 3.67. The summed E-state index contributed by atoms with van der Waals surface area (Å²) in [5.74, 6) is -0.636. The first-order valence-electron chi connectivity index (χ1n) is 25.9. The Morgan fingerprint density at radius 1 is 0.369 bits per heavy atom. The number of hydrogen-bond acceptors (Lipinski definition) is 5. The van der Waals surface area contributed by atoms with Gasteiger partial charge in [0.25, 0.3) is 0 Å². The van der Waals surface area contributed by atoms with Gasteiger partial charge < -0.3 is 14.6 Å². The second kappa shape index (κ2) is 54.1. The molecule has 0 aromatic heterocycles. The number of aliphatic hydroxyl groups is 1. The molecule has 0 bridgehead atoms. The first-order chi connectivity index (χ1) is 32.1. The fourth-order valence-corrected chi connectivity index (χ4v) is 6.49. The summed E-state index contributed by atoms with van der Waals surface area (Å²) >= 11 is 0.